The predicted molar refractivity (Wildman–Crippen MR) is 153 cm³/mol. The zero-order chi connectivity index (χ0) is 29.7. The Kier molecular flexibility index (Phi) is 9.18. The van der Waals surface area contributed by atoms with Crippen LogP contribution in [0.15, 0.2) is 72.9 Å². The van der Waals surface area contributed by atoms with Crippen LogP contribution in [0.1, 0.15) is 39.2 Å². The van der Waals surface area contributed by atoms with Crippen molar-refractivity contribution in [2.75, 3.05) is 11.5 Å². The van der Waals surface area contributed by atoms with E-state index in [9.17, 15) is 23.1 Å². The number of nitrogens with zero attached hydrogens (tertiary/aromatic N) is 2. The molecular formula is C31H30ClF3N2O4. The van der Waals surface area contributed by atoms with Crippen molar-refractivity contribution in [3.63, 3.8) is 0 Å². The largest absolute Gasteiger partial charge is 0.573 e. The lowest BCUT2D eigenvalue weighted by atomic mass is 10.1. The number of halogens is 4. The molecule has 10 heteroatoms. The van der Waals surface area contributed by atoms with Crippen molar-refractivity contribution in [2.24, 2.45) is 0 Å². The summed E-state index contributed by atoms with van der Waals surface area (Å²) in [4.78, 5) is 14.0. The lowest BCUT2D eigenvalue weighted by molar-refractivity contribution is -0.274. The van der Waals surface area contributed by atoms with Crippen molar-refractivity contribution in [2.45, 2.75) is 46.6 Å². The van der Waals surface area contributed by atoms with E-state index in [1.54, 1.807) is 22.9 Å². The van der Waals surface area contributed by atoms with E-state index < -0.39 is 12.3 Å². The van der Waals surface area contributed by atoms with E-state index >= 15 is 0 Å². The summed E-state index contributed by atoms with van der Waals surface area (Å²) in [5.41, 5.74) is 4.79. The number of carboxylic acids is 1. The van der Waals surface area contributed by atoms with Gasteiger partial charge in [-0.15, -0.1) is 13.2 Å². The Hall–Kier alpha value is -4.11. The summed E-state index contributed by atoms with van der Waals surface area (Å²) in [6, 6.07) is 18.6. The van der Waals surface area contributed by atoms with Crippen molar-refractivity contribution in [3.8, 4) is 11.5 Å². The molecule has 0 aliphatic heterocycles. The molecule has 41 heavy (non-hydrogen) atoms. The van der Waals surface area contributed by atoms with Crippen molar-refractivity contribution < 1.29 is 32.5 Å². The van der Waals surface area contributed by atoms with Crippen LogP contribution in [0.3, 0.4) is 0 Å². The number of carboxylic acid groups (broad SMARTS) is 1. The first-order chi connectivity index (χ1) is 19.4. The SMILES string of the molecule is Cc1cccc(N(Cc2cccc(OC(F)(F)F)c2)c2cc(C(=O)O)n(CCCOc3cc(C)c(Cl)c(C)c3)c2)c1. The Bertz CT molecular complexity index is 1510. The van der Waals surface area contributed by atoms with Gasteiger partial charge in [0.05, 0.1) is 12.3 Å². The molecule has 0 aliphatic rings. The molecule has 216 valence electrons. The van der Waals surface area contributed by atoms with E-state index in [1.165, 1.54) is 18.2 Å². The van der Waals surface area contributed by atoms with E-state index in [2.05, 4.69) is 4.74 Å². The number of carbonyl (C=O) groups is 1. The number of anilines is 2. The van der Waals surface area contributed by atoms with Crippen LogP contribution in [0.25, 0.3) is 0 Å². The molecule has 0 saturated heterocycles. The lowest BCUT2D eigenvalue weighted by Gasteiger charge is -2.24. The number of rotatable bonds is 11. The van der Waals surface area contributed by atoms with E-state index in [-0.39, 0.29) is 18.0 Å². The highest BCUT2D eigenvalue weighted by molar-refractivity contribution is 6.32. The van der Waals surface area contributed by atoms with Crippen LogP contribution >= 0.6 is 11.6 Å². The Morgan fingerprint density at radius 2 is 1.66 bits per heavy atom. The van der Waals surface area contributed by atoms with Gasteiger partial charge in [0, 0.05) is 30.0 Å². The molecule has 0 fully saturated rings. The topological polar surface area (TPSA) is 63.9 Å². The van der Waals surface area contributed by atoms with Gasteiger partial charge in [-0.25, -0.2) is 4.79 Å². The van der Waals surface area contributed by atoms with Gasteiger partial charge in [-0.2, -0.15) is 0 Å². The molecule has 0 saturated carbocycles. The third-order valence-corrected chi connectivity index (χ3v) is 7.02. The van der Waals surface area contributed by atoms with Crippen molar-refractivity contribution in [1.82, 2.24) is 4.57 Å². The molecule has 0 amide bonds. The summed E-state index contributed by atoms with van der Waals surface area (Å²) in [7, 11) is 0. The number of aromatic nitrogens is 1. The molecule has 0 unspecified atom stereocenters. The summed E-state index contributed by atoms with van der Waals surface area (Å²) >= 11 is 6.23. The van der Waals surface area contributed by atoms with Crippen LogP contribution in [0.4, 0.5) is 24.5 Å². The predicted octanol–water partition coefficient (Wildman–Crippen LogP) is 8.47. The molecule has 6 nitrogen and oxygen atoms in total. The summed E-state index contributed by atoms with van der Waals surface area (Å²) < 4.78 is 50.0. The van der Waals surface area contributed by atoms with Crippen LogP contribution < -0.4 is 14.4 Å². The summed E-state index contributed by atoms with van der Waals surface area (Å²) in [6.45, 7) is 6.66. The quantitative estimate of drug-likeness (QED) is 0.179. The van der Waals surface area contributed by atoms with E-state index in [0.717, 1.165) is 22.4 Å². The standard InChI is InChI=1S/C31H30ClF3N2O4/c1-20-7-4-9-24(13-20)37(18-23-8-5-10-26(16-23)41-31(33,34)35)25-17-28(30(38)39)36(19-25)11-6-12-40-27-14-21(2)29(32)22(3)15-27/h4-5,7-10,13-17,19H,6,11-12,18H2,1-3H3,(H,38,39). The Balaban J connectivity index is 1.57. The van der Waals surface area contributed by atoms with Gasteiger partial charge < -0.3 is 24.0 Å². The number of ether oxygens (including phenoxy) is 2. The fraction of sp³-hybridized carbons (Fsp3) is 0.258. The van der Waals surface area contributed by atoms with E-state index in [1.807, 2.05) is 62.1 Å². The maximum Gasteiger partial charge on any atom is 0.573 e. The fourth-order valence-corrected chi connectivity index (χ4v) is 4.68. The molecule has 1 N–H and O–H groups in total. The molecule has 4 aromatic rings. The molecule has 3 aromatic carbocycles. The smallest absolute Gasteiger partial charge is 0.494 e. The first-order valence-electron chi connectivity index (χ1n) is 12.9. The number of alkyl halides is 3. The van der Waals surface area contributed by atoms with Gasteiger partial charge >= 0.3 is 12.3 Å². The normalized spacial score (nSPS) is 11.4. The fourth-order valence-electron chi connectivity index (χ4n) is 4.57. The number of aryl methyl sites for hydroxylation is 4. The highest BCUT2D eigenvalue weighted by Crippen LogP contribution is 2.32. The maximum atomic E-state index is 12.8. The second-order valence-electron chi connectivity index (χ2n) is 9.78. The van der Waals surface area contributed by atoms with Crippen molar-refractivity contribution in [1.29, 1.82) is 0 Å². The maximum absolute atomic E-state index is 12.8. The van der Waals surface area contributed by atoms with Gasteiger partial charge in [0.15, 0.2) is 0 Å². The number of hydrogen-bond acceptors (Lipinski definition) is 4. The van der Waals surface area contributed by atoms with Crippen LogP contribution in [0, 0.1) is 20.8 Å². The van der Waals surface area contributed by atoms with Crippen LogP contribution in [-0.2, 0) is 13.1 Å². The molecule has 1 aromatic heterocycles. The summed E-state index contributed by atoms with van der Waals surface area (Å²) in [5.74, 6) is -0.724. The minimum absolute atomic E-state index is 0.0880. The highest BCUT2D eigenvalue weighted by Gasteiger charge is 2.31. The molecule has 1 heterocycles. The Labute approximate surface area is 241 Å². The summed E-state index contributed by atoms with van der Waals surface area (Å²) in [6.07, 6.45) is -2.54. The van der Waals surface area contributed by atoms with Crippen LogP contribution in [0.2, 0.25) is 5.02 Å². The molecule has 0 radical (unpaired) electrons. The minimum Gasteiger partial charge on any atom is -0.494 e. The number of aromatic carboxylic acids is 1. The average molecular weight is 587 g/mol. The van der Waals surface area contributed by atoms with Crippen LogP contribution in [-0.4, -0.2) is 28.6 Å². The first kappa shape index (κ1) is 29.9. The van der Waals surface area contributed by atoms with Gasteiger partial charge in [-0.1, -0.05) is 35.9 Å². The van der Waals surface area contributed by atoms with Crippen molar-refractivity contribution in [3.05, 3.63) is 106 Å². The Morgan fingerprint density at radius 1 is 0.951 bits per heavy atom. The van der Waals surface area contributed by atoms with E-state index in [0.29, 0.717) is 41.6 Å². The molecule has 0 bridgehead atoms. The third-order valence-electron chi connectivity index (χ3n) is 6.42. The first-order valence-corrected chi connectivity index (χ1v) is 13.3. The van der Waals surface area contributed by atoms with Gasteiger partial charge in [0.2, 0.25) is 0 Å². The van der Waals surface area contributed by atoms with Gasteiger partial charge in [0.25, 0.3) is 0 Å². The molecule has 4 rings (SSSR count). The number of benzene rings is 3. The second-order valence-corrected chi connectivity index (χ2v) is 10.2. The number of hydrogen-bond donors (Lipinski definition) is 1. The zero-order valence-electron chi connectivity index (χ0n) is 22.8. The lowest BCUT2D eigenvalue weighted by Crippen LogP contribution is -2.18. The minimum atomic E-state index is -4.81. The average Bonchev–Trinajstić information content (AvgIpc) is 3.32. The molecule has 0 aliphatic carbocycles. The van der Waals surface area contributed by atoms with E-state index in [4.69, 9.17) is 16.3 Å². The second kappa shape index (κ2) is 12.6. The molecule has 0 atom stereocenters. The molecule has 0 spiro atoms. The third kappa shape index (κ3) is 7.98. The van der Waals surface area contributed by atoms with Gasteiger partial charge in [0.1, 0.15) is 17.2 Å². The van der Waals surface area contributed by atoms with Gasteiger partial charge in [-0.05, 0) is 91.9 Å². The van der Waals surface area contributed by atoms with Crippen LogP contribution in [0.5, 0.6) is 11.5 Å². The van der Waals surface area contributed by atoms with Crippen molar-refractivity contribution >= 4 is 28.9 Å². The zero-order valence-corrected chi connectivity index (χ0v) is 23.6. The molecular weight excluding hydrogens is 557 g/mol. The Morgan fingerprint density at radius 3 is 2.32 bits per heavy atom. The monoisotopic (exact) mass is 586 g/mol. The summed E-state index contributed by atoms with van der Waals surface area (Å²) in [5, 5.41) is 10.6. The van der Waals surface area contributed by atoms with Gasteiger partial charge in [-0.3, -0.25) is 0 Å². The highest BCUT2D eigenvalue weighted by atomic mass is 35.5.